The van der Waals surface area contributed by atoms with Gasteiger partial charge in [0.2, 0.25) is 5.88 Å². The summed E-state index contributed by atoms with van der Waals surface area (Å²) in [6.45, 7) is 0. The lowest BCUT2D eigenvalue weighted by molar-refractivity contribution is 0.439. The average Bonchev–Trinajstić information content (AvgIpc) is 2.96. The molecule has 6 heteroatoms. The lowest BCUT2D eigenvalue weighted by atomic mass is 10.1. The van der Waals surface area contributed by atoms with Crippen molar-refractivity contribution in [2.24, 2.45) is 0 Å². The SMILES string of the molecule is Nc1onc(-c2sccc2Br)c1-c1ccccc1Br. The van der Waals surface area contributed by atoms with Gasteiger partial charge in [-0.2, -0.15) is 0 Å². The van der Waals surface area contributed by atoms with Crippen molar-refractivity contribution in [1.82, 2.24) is 5.16 Å². The molecule has 0 aliphatic rings. The maximum Gasteiger partial charge on any atom is 0.230 e. The van der Waals surface area contributed by atoms with Crippen LogP contribution in [0.25, 0.3) is 21.7 Å². The van der Waals surface area contributed by atoms with Crippen LogP contribution in [0.5, 0.6) is 0 Å². The molecule has 0 fully saturated rings. The Morgan fingerprint density at radius 2 is 1.89 bits per heavy atom. The normalized spacial score (nSPS) is 10.8. The van der Waals surface area contributed by atoms with Crippen molar-refractivity contribution in [3.8, 4) is 21.7 Å². The molecule has 3 rings (SSSR count). The summed E-state index contributed by atoms with van der Waals surface area (Å²) in [5, 5.41) is 6.09. The van der Waals surface area contributed by atoms with E-state index in [1.165, 1.54) is 0 Å². The van der Waals surface area contributed by atoms with Crippen molar-refractivity contribution in [3.05, 3.63) is 44.7 Å². The molecule has 1 aromatic carbocycles. The van der Waals surface area contributed by atoms with Gasteiger partial charge in [-0.3, -0.25) is 0 Å². The van der Waals surface area contributed by atoms with Gasteiger partial charge in [-0.25, -0.2) is 0 Å². The molecular formula is C13H8Br2N2OS. The minimum absolute atomic E-state index is 0.321. The van der Waals surface area contributed by atoms with Gasteiger partial charge in [-0.1, -0.05) is 39.3 Å². The molecule has 0 aliphatic heterocycles. The Labute approximate surface area is 130 Å². The Kier molecular flexibility index (Phi) is 3.47. The third kappa shape index (κ3) is 2.24. The predicted octanol–water partition coefficient (Wildman–Crippen LogP) is 5.18. The van der Waals surface area contributed by atoms with Crippen molar-refractivity contribution >= 4 is 49.1 Å². The molecule has 0 aliphatic carbocycles. The smallest absolute Gasteiger partial charge is 0.230 e. The Balaban J connectivity index is 2.26. The third-order valence-electron chi connectivity index (χ3n) is 2.69. The van der Waals surface area contributed by atoms with Gasteiger partial charge >= 0.3 is 0 Å². The molecular weight excluding hydrogens is 392 g/mol. The zero-order valence-corrected chi connectivity index (χ0v) is 13.5. The quantitative estimate of drug-likeness (QED) is 0.645. The molecule has 0 unspecified atom stereocenters. The van der Waals surface area contributed by atoms with Gasteiger partial charge in [0, 0.05) is 14.5 Å². The molecule has 2 heterocycles. The van der Waals surface area contributed by atoms with Crippen LogP contribution in [0.1, 0.15) is 0 Å². The van der Waals surface area contributed by atoms with Gasteiger partial charge in [0.15, 0.2) is 0 Å². The minimum Gasteiger partial charge on any atom is -0.367 e. The number of nitrogens with two attached hydrogens (primary N) is 1. The lowest BCUT2D eigenvalue weighted by Crippen LogP contribution is -1.88. The Morgan fingerprint density at radius 1 is 1.11 bits per heavy atom. The number of anilines is 1. The summed E-state index contributed by atoms with van der Waals surface area (Å²) in [5.41, 5.74) is 8.48. The Hall–Kier alpha value is -1.11. The molecule has 0 saturated heterocycles. The summed E-state index contributed by atoms with van der Waals surface area (Å²) in [6, 6.07) is 9.85. The zero-order valence-electron chi connectivity index (χ0n) is 9.56. The molecule has 0 bridgehead atoms. The highest BCUT2D eigenvalue weighted by atomic mass is 79.9. The second-order valence-electron chi connectivity index (χ2n) is 3.85. The van der Waals surface area contributed by atoms with Crippen molar-refractivity contribution < 1.29 is 4.52 Å². The second kappa shape index (κ2) is 5.11. The number of nitrogen functional groups attached to an aromatic ring is 1. The molecule has 0 amide bonds. The molecule has 0 atom stereocenters. The summed E-state index contributed by atoms with van der Waals surface area (Å²) in [6.07, 6.45) is 0. The molecule has 3 nitrogen and oxygen atoms in total. The molecule has 96 valence electrons. The number of hydrogen-bond acceptors (Lipinski definition) is 4. The maximum absolute atomic E-state index is 5.94. The molecule has 0 spiro atoms. The number of nitrogens with zero attached hydrogens (tertiary/aromatic N) is 1. The third-order valence-corrected chi connectivity index (χ3v) is 5.23. The first-order chi connectivity index (χ1) is 9.18. The predicted molar refractivity (Wildman–Crippen MR) is 85.1 cm³/mol. The van der Waals surface area contributed by atoms with Gasteiger partial charge < -0.3 is 10.3 Å². The highest BCUT2D eigenvalue weighted by Gasteiger charge is 2.21. The molecule has 19 heavy (non-hydrogen) atoms. The number of halogens is 2. The molecule has 0 radical (unpaired) electrons. The van der Waals surface area contributed by atoms with E-state index < -0.39 is 0 Å². The number of benzene rings is 1. The number of thiophene rings is 1. The highest BCUT2D eigenvalue weighted by molar-refractivity contribution is 9.11. The fourth-order valence-corrected chi connectivity index (χ4v) is 3.87. The standard InChI is InChI=1S/C13H8Br2N2OS/c14-8-4-2-1-3-7(8)10-11(17-18-13(10)16)12-9(15)5-6-19-12/h1-6H,16H2. The van der Waals surface area contributed by atoms with Crippen LogP contribution < -0.4 is 5.73 Å². The van der Waals surface area contributed by atoms with Crippen LogP contribution in [0.3, 0.4) is 0 Å². The first-order valence-electron chi connectivity index (χ1n) is 5.42. The monoisotopic (exact) mass is 398 g/mol. The van der Waals surface area contributed by atoms with E-state index in [0.717, 1.165) is 30.6 Å². The minimum atomic E-state index is 0.321. The van der Waals surface area contributed by atoms with Crippen LogP contribution in [0.15, 0.2) is 49.2 Å². The van der Waals surface area contributed by atoms with Crippen molar-refractivity contribution in [1.29, 1.82) is 0 Å². The van der Waals surface area contributed by atoms with Gasteiger partial charge in [0.1, 0.15) is 5.69 Å². The van der Waals surface area contributed by atoms with E-state index in [9.17, 15) is 0 Å². The first kappa shape index (κ1) is 12.9. The van der Waals surface area contributed by atoms with E-state index in [4.69, 9.17) is 10.3 Å². The summed E-state index contributed by atoms with van der Waals surface area (Å²) >= 11 is 8.64. The lowest BCUT2D eigenvalue weighted by Gasteiger charge is -2.04. The van der Waals surface area contributed by atoms with Gasteiger partial charge in [0.05, 0.1) is 10.4 Å². The molecule has 2 N–H and O–H groups in total. The zero-order chi connectivity index (χ0) is 13.4. The summed E-state index contributed by atoms with van der Waals surface area (Å²) in [5.74, 6) is 0.321. The van der Waals surface area contributed by atoms with Crippen molar-refractivity contribution in [3.63, 3.8) is 0 Å². The van der Waals surface area contributed by atoms with Crippen molar-refractivity contribution in [2.75, 3.05) is 5.73 Å². The Morgan fingerprint density at radius 3 is 2.58 bits per heavy atom. The Bertz CT molecular complexity index is 736. The van der Waals surface area contributed by atoms with E-state index in [1.54, 1.807) is 11.3 Å². The summed E-state index contributed by atoms with van der Waals surface area (Å²) in [4.78, 5) is 1.01. The van der Waals surface area contributed by atoms with E-state index in [2.05, 4.69) is 37.0 Å². The van der Waals surface area contributed by atoms with E-state index in [1.807, 2.05) is 35.7 Å². The fraction of sp³-hybridized carbons (Fsp3) is 0. The summed E-state index contributed by atoms with van der Waals surface area (Å²) in [7, 11) is 0. The largest absolute Gasteiger partial charge is 0.367 e. The number of hydrogen-bond donors (Lipinski definition) is 1. The van der Waals surface area contributed by atoms with E-state index in [-0.39, 0.29) is 0 Å². The van der Waals surface area contributed by atoms with E-state index in [0.29, 0.717) is 5.88 Å². The van der Waals surface area contributed by atoms with Crippen LogP contribution in [-0.2, 0) is 0 Å². The number of rotatable bonds is 2. The van der Waals surface area contributed by atoms with Crippen LogP contribution in [-0.4, -0.2) is 5.16 Å². The van der Waals surface area contributed by atoms with Crippen LogP contribution in [0.4, 0.5) is 5.88 Å². The van der Waals surface area contributed by atoms with Gasteiger partial charge in [-0.15, -0.1) is 11.3 Å². The first-order valence-corrected chi connectivity index (χ1v) is 7.88. The van der Waals surface area contributed by atoms with Crippen molar-refractivity contribution in [2.45, 2.75) is 0 Å². The average molecular weight is 400 g/mol. The summed E-state index contributed by atoms with van der Waals surface area (Å²) < 4.78 is 7.12. The van der Waals surface area contributed by atoms with Gasteiger partial charge in [-0.05, 0) is 33.4 Å². The second-order valence-corrected chi connectivity index (χ2v) is 6.47. The molecule has 2 aromatic heterocycles. The maximum atomic E-state index is 5.94. The van der Waals surface area contributed by atoms with Crippen LogP contribution in [0, 0.1) is 0 Å². The molecule has 3 aromatic rings. The highest BCUT2D eigenvalue weighted by Crippen LogP contribution is 2.43. The van der Waals surface area contributed by atoms with Crippen LogP contribution >= 0.6 is 43.2 Å². The molecule has 0 saturated carbocycles. The number of aromatic nitrogens is 1. The van der Waals surface area contributed by atoms with E-state index >= 15 is 0 Å². The fourth-order valence-electron chi connectivity index (χ4n) is 1.84. The topological polar surface area (TPSA) is 52.0 Å². The van der Waals surface area contributed by atoms with Crippen LogP contribution in [0.2, 0.25) is 0 Å². The van der Waals surface area contributed by atoms with Gasteiger partial charge in [0.25, 0.3) is 0 Å².